The Bertz CT molecular complexity index is 924. The smallest absolute Gasteiger partial charge is 0.240 e. The van der Waals surface area contributed by atoms with Crippen molar-refractivity contribution in [3.05, 3.63) is 53.1 Å². The van der Waals surface area contributed by atoms with Crippen LogP contribution in [-0.2, 0) is 21.4 Å². The largest absolute Gasteiger partial charge is 0.325 e. The first-order chi connectivity index (χ1) is 11.8. The molecule has 0 bridgehead atoms. The van der Waals surface area contributed by atoms with Gasteiger partial charge in [0.1, 0.15) is 0 Å². The minimum atomic E-state index is -3.66. The monoisotopic (exact) mass is 376 g/mol. The fourth-order valence-corrected chi connectivity index (χ4v) is 4.58. The first-order valence-corrected chi connectivity index (χ1v) is 10.4. The van der Waals surface area contributed by atoms with Gasteiger partial charge in [0.05, 0.1) is 10.6 Å². The Labute approximate surface area is 152 Å². The fraction of sp³-hybridized carbons (Fsp3) is 0.278. The fourth-order valence-electron chi connectivity index (χ4n) is 2.61. The second-order valence-corrected chi connectivity index (χ2v) is 8.96. The van der Waals surface area contributed by atoms with Gasteiger partial charge in [-0.1, -0.05) is 23.8 Å². The average molecular weight is 377 g/mol. The van der Waals surface area contributed by atoms with Crippen molar-refractivity contribution in [3.63, 3.8) is 0 Å². The topological polar surface area (TPSA) is 75.3 Å². The van der Waals surface area contributed by atoms with Crippen LogP contribution in [0, 0.1) is 13.8 Å². The molecule has 1 aliphatic heterocycles. The quantitative estimate of drug-likeness (QED) is 0.859. The third kappa shape index (κ3) is 4.23. The number of sulfonamides is 1. The number of hydrogen-bond donors (Lipinski definition) is 2. The van der Waals surface area contributed by atoms with Gasteiger partial charge in [-0.2, -0.15) is 0 Å². The number of thioether (sulfide) groups is 1. The van der Waals surface area contributed by atoms with E-state index in [1.807, 2.05) is 32.0 Å². The van der Waals surface area contributed by atoms with Gasteiger partial charge in [-0.25, -0.2) is 13.1 Å². The highest BCUT2D eigenvalue weighted by Crippen LogP contribution is 2.32. The molecular weight excluding hydrogens is 356 g/mol. The Morgan fingerprint density at radius 2 is 1.96 bits per heavy atom. The summed E-state index contributed by atoms with van der Waals surface area (Å²) < 4.78 is 27.9. The molecule has 0 spiro atoms. The zero-order chi connectivity index (χ0) is 18.0. The van der Waals surface area contributed by atoms with Gasteiger partial charge in [0.15, 0.2) is 0 Å². The molecule has 3 rings (SSSR count). The molecule has 0 saturated heterocycles. The highest BCUT2D eigenvalue weighted by atomic mass is 32.2. The normalized spacial score (nSPS) is 14.6. The molecule has 0 atom stereocenters. The van der Waals surface area contributed by atoms with Crippen LogP contribution in [-0.4, -0.2) is 20.1 Å². The summed E-state index contributed by atoms with van der Waals surface area (Å²) in [5, 5.41) is 2.77. The molecular formula is C18H20N2O3S2. The first kappa shape index (κ1) is 18.0. The molecule has 1 heterocycles. The van der Waals surface area contributed by atoms with Crippen LogP contribution < -0.4 is 10.0 Å². The van der Waals surface area contributed by atoms with Gasteiger partial charge in [-0.15, -0.1) is 11.8 Å². The highest BCUT2D eigenvalue weighted by Gasteiger charge is 2.19. The Kier molecular flexibility index (Phi) is 5.17. The van der Waals surface area contributed by atoms with Crippen molar-refractivity contribution in [2.24, 2.45) is 0 Å². The molecule has 25 heavy (non-hydrogen) atoms. The van der Waals surface area contributed by atoms with Gasteiger partial charge in [0.2, 0.25) is 15.9 Å². The van der Waals surface area contributed by atoms with Crippen LogP contribution in [0.4, 0.5) is 5.69 Å². The van der Waals surface area contributed by atoms with Crippen molar-refractivity contribution in [1.82, 2.24) is 4.72 Å². The molecule has 7 heteroatoms. The Balaban J connectivity index is 1.83. The molecule has 2 aromatic rings. The lowest BCUT2D eigenvalue weighted by Crippen LogP contribution is -2.24. The number of amides is 1. The average Bonchev–Trinajstić information content (AvgIpc) is 2.75. The Morgan fingerprint density at radius 3 is 2.76 bits per heavy atom. The van der Waals surface area contributed by atoms with E-state index in [1.54, 1.807) is 23.9 Å². The summed E-state index contributed by atoms with van der Waals surface area (Å²) in [6.07, 6.45) is 0.423. The number of carbonyl (C=O) groups is 1. The van der Waals surface area contributed by atoms with Gasteiger partial charge in [0.25, 0.3) is 0 Å². The van der Waals surface area contributed by atoms with Crippen LogP contribution in [0.3, 0.4) is 0 Å². The van der Waals surface area contributed by atoms with Crippen LogP contribution in [0.5, 0.6) is 0 Å². The molecule has 0 aliphatic carbocycles. The third-order valence-electron chi connectivity index (χ3n) is 4.08. The van der Waals surface area contributed by atoms with Gasteiger partial charge in [0, 0.05) is 23.6 Å². The van der Waals surface area contributed by atoms with E-state index in [1.165, 1.54) is 6.07 Å². The zero-order valence-electron chi connectivity index (χ0n) is 14.1. The predicted octanol–water partition coefficient (Wildman–Crippen LogP) is 3.22. The van der Waals surface area contributed by atoms with E-state index in [9.17, 15) is 13.2 Å². The molecule has 2 N–H and O–H groups in total. The van der Waals surface area contributed by atoms with E-state index >= 15 is 0 Å². The molecule has 5 nitrogen and oxygen atoms in total. The maximum atomic E-state index is 12.6. The van der Waals surface area contributed by atoms with Gasteiger partial charge in [-0.3, -0.25) is 4.79 Å². The summed E-state index contributed by atoms with van der Waals surface area (Å²) in [5.41, 5.74) is 3.63. The molecule has 132 valence electrons. The molecule has 0 aromatic heterocycles. The Morgan fingerprint density at radius 1 is 1.16 bits per heavy atom. The maximum Gasteiger partial charge on any atom is 0.240 e. The standard InChI is InChI=1S/C18H20N2O3S2/c1-12-3-4-13(2)14(9-12)11-19-25(22,23)15-5-6-17-16(10-15)20-18(21)7-8-24-17/h3-6,9-10,19H,7-8,11H2,1-2H3,(H,20,21). The van der Waals surface area contributed by atoms with E-state index in [4.69, 9.17) is 0 Å². The Hall–Kier alpha value is -1.83. The summed E-state index contributed by atoms with van der Waals surface area (Å²) in [6, 6.07) is 10.8. The summed E-state index contributed by atoms with van der Waals surface area (Å²) in [4.78, 5) is 12.7. The number of hydrogen-bond acceptors (Lipinski definition) is 4. The number of aryl methyl sites for hydroxylation is 2. The van der Waals surface area contributed by atoms with Crippen molar-refractivity contribution in [2.75, 3.05) is 11.1 Å². The summed E-state index contributed by atoms with van der Waals surface area (Å²) in [6.45, 7) is 4.16. The van der Waals surface area contributed by atoms with Crippen LogP contribution in [0.15, 0.2) is 46.2 Å². The third-order valence-corrected chi connectivity index (χ3v) is 6.55. The number of benzene rings is 2. The molecule has 0 saturated carbocycles. The lowest BCUT2D eigenvalue weighted by atomic mass is 10.1. The lowest BCUT2D eigenvalue weighted by molar-refractivity contribution is -0.115. The number of nitrogens with one attached hydrogen (secondary N) is 2. The SMILES string of the molecule is Cc1ccc(C)c(CNS(=O)(=O)c2ccc3c(c2)NC(=O)CCS3)c1. The first-order valence-electron chi connectivity index (χ1n) is 7.98. The summed E-state index contributed by atoms with van der Waals surface area (Å²) in [7, 11) is -3.66. The highest BCUT2D eigenvalue weighted by molar-refractivity contribution is 7.99. The molecule has 0 fully saturated rings. The van der Waals surface area contributed by atoms with E-state index in [0.717, 1.165) is 21.6 Å². The molecule has 0 unspecified atom stereocenters. The van der Waals surface area contributed by atoms with E-state index in [-0.39, 0.29) is 17.3 Å². The van der Waals surface area contributed by atoms with Gasteiger partial charge < -0.3 is 5.32 Å². The predicted molar refractivity (Wildman–Crippen MR) is 100 cm³/mol. The minimum Gasteiger partial charge on any atom is -0.325 e. The van der Waals surface area contributed by atoms with Crippen molar-refractivity contribution in [2.45, 2.75) is 36.6 Å². The number of rotatable bonds is 4. The second kappa shape index (κ2) is 7.19. The van der Waals surface area contributed by atoms with Crippen molar-refractivity contribution < 1.29 is 13.2 Å². The van der Waals surface area contributed by atoms with Gasteiger partial charge in [-0.05, 0) is 43.2 Å². The van der Waals surface area contributed by atoms with E-state index < -0.39 is 10.0 Å². The molecule has 1 amide bonds. The second-order valence-electron chi connectivity index (χ2n) is 6.06. The number of anilines is 1. The summed E-state index contributed by atoms with van der Waals surface area (Å²) >= 11 is 1.55. The zero-order valence-corrected chi connectivity index (χ0v) is 15.8. The van der Waals surface area contributed by atoms with Gasteiger partial charge >= 0.3 is 0 Å². The van der Waals surface area contributed by atoms with Crippen LogP contribution in [0.1, 0.15) is 23.1 Å². The van der Waals surface area contributed by atoms with Crippen LogP contribution >= 0.6 is 11.8 Å². The molecule has 0 radical (unpaired) electrons. The molecule has 1 aliphatic rings. The summed E-state index contributed by atoms with van der Waals surface area (Å²) in [5.74, 6) is 0.597. The van der Waals surface area contributed by atoms with Crippen molar-refractivity contribution in [3.8, 4) is 0 Å². The van der Waals surface area contributed by atoms with E-state index in [2.05, 4.69) is 10.0 Å². The number of carbonyl (C=O) groups excluding carboxylic acids is 1. The van der Waals surface area contributed by atoms with Crippen molar-refractivity contribution in [1.29, 1.82) is 0 Å². The lowest BCUT2D eigenvalue weighted by Gasteiger charge is -2.12. The van der Waals surface area contributed by atoms with Crippen molar-refractivity contribution >= 4 is 33.4 Å². The van der Waals surface area contributed by atoms with E-state index in [0.29, 0.717) is 17.9 Å². The van der Waals surface area contributed by atoms with Crippen LogP contribution in [0.2, 0.25) is 0 Å². The number of fused-ring (bicyclic) bond motifs is 1. The molecule has 2 aromatic carbocycles. The maximum absolute atomic E-state index is 12.6. The van der Waals surface area contributed by atoms with Crippen LogP contribution in [0.25, 0.3) is 0 Å². The minimum absolute atomic E-state index is 0.0934.